The summed E-state index contributed by atoms with van der Waals surface area (Å²) in [6.07, 6.45) is 4.11. The molecule has 0 spiro atoms. The Labute approximate surface area is 316 Å². The third-order valence-electron chi connectivity index (χ3n) is 10.8. The molecule has 1 aliphatic heterocycles. The molecule has 0 atom stereocenters. The molecule has 2 nitrogen and oxygen atoms in total. The van der Waals surface area contributed by atoms with Crippen LogP contribution in [0.4, 0.5) is 17.1 Å². The van der Waals surface area contributed by atoms with Crippen LogP contribution in [0.1, 0.15) is 24.0 Å². The van der Waals surface area contributed by atoms with Crippen LogP contribution in [0.25, 0.3) is 55.3 Å². The Morgan fingerprint density at radius 3 is 1.63 bits per heavy atom. The Balaban J connectivity index is 1.14. The van der Waals surface area contributed by atoms with E-state index in [0.717, 1.165) is 41.4 Å². The van der Waals surface area contributed by atoms with Crippen LogP contribution in [0.2, 0.25) is 0 Å². The van der Waals surface area contributed by atoms with Gasteiger partial charge in [0.15, 0.2) is 0 Å². The van der Waals surface area contributed by atoms with E-state index < -0.39 is 0 Å². The molecule has 0 unspecified atom stereocenters. The Hall–Kier alpha value is -6.90. The van der Waals surface area contributed by atoms with Gasteiger partial charge in [0.2, 0.25) is 0 Å². The van der Waals surface area contributed by atoms with Crippen LogP contribution in [-0.4, -0.2) is 0 Å². The lowest BCUT2D eigenvalue weighted by Crippen LogP contribution is -2.14. The molecule has 0 bridgehead atoms. The second-order valence-electron chi connectivity index (χ2n) is 13.9. The zero-order valence-corrected chi connectivity index (χ0v) is 29.8. The molecule has 1 aliphatic carbocycles. The SMILES string of the molecule is C1=C(c2ccccc2N(c2ccccc2)c2ccccc2-c2ccccc2-c2ccccc2-c2ccccc2)CCC2=C1c1cccc3cccc(c13)O2. The quantitative estimate of drug-likeness (QED) is 0.165. The number of anilines is 3. The summed E-state index contributed by atoms with van der Waals surface area (Å²) < 4.78 is 6.58. The van der Waals surface area contributed by atoms with E-state index in [9.17, 15) is 0 Å². The number of benzene rings is 8. The number of nitrogens with zero attached hydrogens (tertiary/aromatic N) is 1. The van der Waals surface area contributed by atoms with E-state index >= 15 is 0 Å². The number of para-hydroxylation sites is 3. The van der Waals surface area contributed by atoms with Gasteiger partial charge in [0, 0.05) is 34.2 Å². The summed E-state index contributed by atoms with van der Waals surface area (Å²) in [7, 11) is 0. The van der Waals surface area contributed by atoms with Gasteiger partial charge in [-0.15, -0.1) is 0 Å². The van der Waals surface area contributed by atoms with Crippen molar-refractivity contribution >= 4 is 39.0 Å². The molecule has 10 rings (SSSR count). The van der Waals surface area contributed by atoms with Gasteiger partial charge in [-0.05, 0) is 87.2 Å². The molecule has 256 valence electrons. The van der Waals surface area contributed by atoms with E-state index in [0.29, 0.717) is 0 Å². The Bertz CT molecular complexity index is 2740. The average Bonchev–Trinajstić information content (AvgIpc) is 3.25. The summed E-state index contributed by atoms with van der Waals surface area (Å²) in [5.74, 6) is 2.01. The topological polar surface area (TPSA) is 12.5 Å². The van der Waals surface area contributed by atoms with E-state index in [-0.39, 0.29) is 0 Å². The fraction of sp³-hybridized carbons (Fsp3) is 0.0385. The van der Waals surface area contributed by atoms with Gasteiger partial charge in [0.25, 0.3) is 0 Å². The number of fused-ring (bicyclic) bond motifs is 1. The fourth-order valence-corrected chi connectivity index (χ4v) is 8.37. The van der Waals surface area contributed by atoms with Crippen molar-refractivity contribution in [2.75, 3.05) is 4.90 Å². The van der Waals surface area contributed by atoms with Gasteiger partial charge in [-0.25, -0.2) is 0 Å². The number of hydrogen-bond acceptors (Lipinski definition) is 2. The predicted octanol–water partition coefficient (Wildman–Crippen LogP) is 14.3. The summed E-state index contributed by atoms with van der Waals surface area (Å²) in [4.78, 5) is 2.45. The molecule has 8 aromatic carbocycles. The van der Waals surface area contributed by atoms with Crippen LogP contribution in [0.15, 0.2) is 206 Å². The standard InChI is InChI=1S/C52H37NO/c1-3-17-36(18-4-1)40-23-7-8-25-42(40)43-26-9-10-27-44(43)45-28-12-14-31-49(45)53(39-21-5-2-6-22-39)48-30-13-11-24-41(48)38-33-34-50-47(35-38)46-29-15-19-37-20-16-32-51(54-50)52(37)46/h1-32,35H,33-34H2. The van der Waals surface area contributed by atoms with Crippen LogP contribution < -0.4 is 9.64 Å². The number of hydrogen-bond donors (Lipinski definition) is 0. The van der Waals surface area contributed by atoms with Crippen molar-refractivity contribution in [1.82, 2.24) is 0 Å². The fourth-order valence-electron chi connectivity index (χ4n) is 8.37. The zero-order valence-electron chi connectivity index (χ0n) is 29.8. The molecule has 0 radical (unpaired) electrons. The molecule has 54 heavy (non-hydrogen) atoms. The number of allylic oxidation sites excluding steroid dienone is 4. The molecule has 0 amide bonds. The maximum Gasteiger partial charge on any atom is 0.135 e. The van der Waals surface area contributed by atoms with Crippen LogP contribution in [0, 0.1) is 0 Å². The second-order valence-corrected chi connectivity index (χ2v) is 13.9. The highest BCUT2D eigenvalue weighted by Crippen LogP contribution is 2.49. The lowest BCUT2D eigenvalue weighted by Gasteiger charge is -2.32. The van der Waals surface area contributed by atoms with Gasteiger partial charge in [-0.2, -0.15) is 0 Å². The largest absolute Gasteiger partial charge is 0.460 e. The molecular formula is C52H37NO. The summed E-state index contributed by atoms with van der Waals surface area (Å²) in [6, 6.07) is 69.8. The Kier molecular flexibility index (Phi) is 8.00. The first-order valence-corrected chi connectivity index (χ1v) is 18.7. The van der Waals surface area contributed by atoms with Crippen molar-refractivity contribution in [2.45, 2.75) is 12.8 Å². The van der Waals surface area contributed by atoms with Crippen molar-refractivity contribution in [3.63, 3.8) is 0 Å². The van der Waals surface area contributed by atoms with E-state index in [1.165, 1.54) is 66.4 Å². The van der Waals surface area contributed by atoms with Crippen LogP contribution in [0.3, 0.4) is 0 Å². The lowest BCUT2D eigenvalue weighted by atomic mass is 9.85. The molecule has 0 aromatic heterocycles. The highest BCUT2D eigenvalue weighted by Gasteiger charge is 2.27. The maximum atomic E-state index is 6.58. The van der Waals surface area contributed by atoms with Gasteiger partial charge >= 0.3 is 0 Å². The minimum atomic E-state index is 0.844. The summed E-state index contributed by atoms with van der Waals surface area (Å²) in [5, 5.41) is 2.40. The smallest absolute Gasteiger partial charge is 0.135 e. The third-order valence-corrected chi connectivity index (χ3v) is 10.8. The van der Waals surface area contributed by atoms with E-state index in [2.05, 4.69) is 205 Å². The van der Waals surface area contributed by atoms with Crippen LogP contribution >= 0.6 is 0 Å². The summed E-state index contributed by atoms with van der Waals surface area (Å²) >= 11 is 0. The summed E-state index contributed by atoms with van der Waals surface area (Å²) in [6.45, 7) is 0. The first kappa shape index (κ1) is 31.8. The first-order chi connectivity index (χ1) is 26.8. The van der Waals surface area contributed by atoms with E-state index in [1.807, 2.05) is 0 Å². The van der Waals surface area contributed by atoms with E-state index in [1.54, 1.807) is 0 Å². The third kappa shape index (κ3) is 5.52. The van der Waals surface area contributed by atoms with Gasteiger partial charge in [0.05, 0.1) is 11.4 Å². The van der Waals surface area contributed by atoms with Crippen molar-refractivity contribution in [3.8, 4) is 39.1 Å². The monoisotopic (exact) mass is 691 g/mol. The summed E-state index contributed by atoms with van der Waals surface area (Å²) in [5.41, 5.74) is 15.5. The van der Waals surface area contributed by atoms with Crippen LogP contribution in [-0.2, 0) is 0 Å². The van der Waals surface area contributed by atoms with Gasteiger partial charge < -0.3 is 9.64 Å². The predicted molar refractivity (Wildman–Crippen MR) is 226 cm³/mol. The lowest BCUT2D eigenvalue weighted by molar-refractivity contribution is 0.408. The van der Waals surface area contributed by atoms with Crippen LogP contribution in [0.5, 0.6) is 5.75 Å². The Morgan fingerprint density at radius 2 is 0.907 bits per heavy atom. The molecule has 0 N–H and O–H groups in total. The minimum Gasteiger partial charge on any atom is -0.460 e. The normalized spacial score (nSPS) is 13.2. The first-order valence-electron chi connectivity index (χ1n) is 18.7. The van der Waals surface area contributed by atoms with Gasteiger partial charge in [-0.3, -0.25) is 0 Å². The highest BCUT2D eigenvalue weighted by atomic mass is 16.5. The van der Waals surface area contributed by atoms with Crippen molar-refractivity contribution < 1.29 is 4.74 Å². The highest BCUT2D eigenvalue weighted by molar-refractivity contribution is 6.05. The number of ether oxygens (including phenoxy) is 1. The van der Waals surface area contributed by atoms with Gasteiger partial charge in [0.1, 0.15) is 11.5 Å². The van der Waals surface area contributed by atoms with Gasteiger partial charge in [-0.1, -0.05) is 164 Å². The molecule has 1 heterocycles. The molecule has 2 aliphatic rings. The molecule has 0 fully saturated rings. The molecule has 2 heteroatoms. The molecule has 0 saturated carbocycles. The second kappa shape index (κ2) is 13.6. The number of rotatable bonds is 7. The van der Waals surface area contributed by atoms with Crippen molar-refractivity contribution in [1.29, 1.82) is 0 Å². The minimum absolute atomic E-state index is 0.844. The molecular weight excluding hydrogens is 655 g/mol. The Morgan fingerprint density at radius 1 is 0.389 bits per heavy atom. The average molecular weight is 692 g/mol. The maximum absolute atomic E-state index is 6.58. The van der Waals surface area contributed by atoms with Crippen molar-refractivity contribution in [2.24, 2.45) is 0 Å². The zero-order chi connectivity index (χ0) is 35.8. The molecule has 8 aromatic rings. The molecule has 0 saturated heterocycles. The van der Waals surface area contributed by atoms with E-state index in [4.69, 9.17) is 4.74 Å². The van der Waals surface area contributed by atoms with Crippen molar-refractivity contribution in [3.05, 3.63) is 217 Å².